The van der Waals surface area contributed by atoms with Crippen molar-refractivity contribution in [3.05, 3.63) is 94.5 Å². The summed E-state index contributed by atoms with van der Waals surface area (Å²) in [6.07, 6.45) is 6.80. The summed E-state index contributed by atoms with van der Waals surface area (Å²) in [5.41, 5.74) is 17.9. The van der Waals surface area contributed by atoms with Gasteiger partial charge in [-0.15, -0.1) is 0 Å². The molecule has 0 amide bonds. The maximum Gasteiger partial charge on any atom is 0.0342 e. The van der Waals surface area contributed by atoms with Crippen molar-refractivity contribution in [1.82, 2.24) is 0 Å². The lowest BCUT2D eigenvalue weighted by atomic mass is 9.84. The number of allylic oxidation sites excluding steroid dienone is 1. The average molecular weight is 467 g/mol. The van der Waals surface area contributed by atoms with Crippen molar-refractivity contribution >= 4 is 22.5 Å². The third-order valence-electron chi connectivity index (χ3n) is 7.35. The Balaban J connectivity index is 1.80. The first-order valence-corrected chi connectivity index (χ1v) is 13.4. The van der Waals surface area contributed by atoms with Gasteiger partial charge >= 0.3 is 0 Å². The van der Waals surface area contributed by atoms with Gasteiger partial charge in [-0.25, -0.2) is 0 Å². The highest BCUT2D eigenvalue weighted by molar-refractivity contribution is 6.00. The molecule has 3 aromatic carbocycles. The van der Waals surface area contributed by atoms with E-state index in [4.69, 9.17) is 5.73 Å². The highest BCUT2D eigenvalue weighted by atomic mass is 14.9. The Morgan fingerprint density at radius 3 is 2.17 bits per heavy atom. The summed E-state index contributed by atoms with van der Waals surface area (Å²) < 4.78 is 0. The lowest BCUT2D eigenvalue weighted by Gasteiger charge is -2.21. The summed E-state index contributed by atoms with van der Waals surface area (Å²) in [4.78, 5) is 0. The van der Waals surface area contributed by atoms with Crippen LogP contribution in [0.15, 0.2) is 66.7 Å². The first kappa shape index (κ1) is 25.1. The molecule has 35 heavy (non-hydrogen) atoms. The van der Waals surface area contributed by atoms with Gasteiger partial charge in [0, 0.05) is 17.4 Å². The SMILES string of the molecule is CCCC(CC)Nc1ccc(C2=C(c3ccc(C(C)(C)C)cc3)CCCc3cc(N)ccc32)cc1. The van der Waals surface area contributed by atoms with E-state index in [9.17, 15) is 0 Å². The molecule has 2 nitrogen and oxygen atoms in total. The summed E-state index contributed by atoms with van der Waals surface area (Å²) >= 11 is 0. The van der Waals surface area contributed by atoms with Gasteiger partial charge < -0.3 is 11.1 Å². The van der Waals surface area contributed by atoms with E-state index in [0.717, 1.165) is 31.4 Å². The molecule has 3 aromatic rings. The Hall–Kier alpha value is -3.00. The van der Waals surface area contributed by atoms with Gasteiger partial charge in [-0.3, -0.25) is 0 Å². The molecule has 1 atom stereocenters. The van der Waals surface area contributed by atoms with Crippen molar-refractivity contribution in [2.75, 3.05) is 11.1 Å². The Labute approximate surface area is 212 Å². The molecule has 0 saturated carbocycles. The van der Waals surface area contributed by atoms with Crippen LogP contribution in [0.2, 0.25) is 0 Å². The quantitative estimate of drug-likeness (QED) is 0.341. The van der Waals surface area contributed by atoms with E-state index in [1.807, 2.05) is 0 Å². The van der Waals surface area contributed by atoms with E-state index in [2.05, 4.69) is 107 Å². The number of nitrogen functional groups attached to an aromatic ring is 1. The van der Waals surface area contributed by atoms with Crippen LogP contribution >= 0.6 is 0 Å². The lowest BCUT2D eigenvalue weighted by Crippen LogP contribution is -2.17. The van der Waals surface area contributed by atoms with Gasteiger partial charge in [-0.1, -0.05) is 83.5 Å². The van der Waals surface area contributed by atoms with Gasteiger partial charge in [-0.2, -0.15) is 0 Å². The van der Waals surface area contributed by atoms with Crippen LogP contribution in [0.5, 0.6) is 0 Å². The van der Waals surface area contributed by atoms with Crippen LogP contribution in [-0.2, 0) is 11.8 Å². The van der Waals surface area contributed by atoms with Crippen LogP contribution in [-0.4, -0.2) is 6.04 Å². The molecule has 0 saturated heterocycles. The molecule has 4 rings (SSSR count). The van der Waals surface area contributed by atoms with Crippen LogP contribution in [0.25, 0.3) is 11.1 Å². The van der Waals surface area contributed by atoms with Crippen molar-refractivity contribution in [1.29, 1.82) is 0 Å². The minimum absolute atomic E-state index is 0.153. The molecule has 3 N–H and O–H groups in total. The van der Waals surface area contributed by atoms with E-state index in [-0.39, 0.29) is 5.41 Å². The Morgan fingerprint density at radius 1 is 0.857 bits per heavy atom. The Morgan fingerprint density at radius 2 is 1.54 bits per heavy atom. The summed E-state index contributed by atoms with van der Waals surface area (Å²) in [6, 6.07) is 25.3. The molecule has 0 fully saturated rings. The topological polar surface area (TPSA) is 38.0 Å². The molecule has 0 spiro atoms. The normalized spacial score (nSPS) is 14.9. The van der Waals surface area contributed by atoms with Gasteiger partial charge in [0.25, 0.3) is 0 Å². The summed E-state index contributed by atoms with van der Waals surface area (Å²) in [5, 5.41) is 3.73. The first-order valence-electron chi connectivity index (χ1n) is 13.4. The third-order valence-corrected chi connectivity index (χ3v) is 7.35. The maximum atomic E-state index is 6.20. The van der Waals surface area contributed by atoms with Crippen LogP contribution in [0.4, 0.5) is 11.4 Å². The minimum atomic E-state index is 0.153. The van der Waals surface area contributed by atoms with Gasteiger partial charge in [-0.05, 0) is 101 Å². The van der Waals surface area contributed by atoms with Crippen molar-refractivity contribution in [2.24, 2.45) is 0 Å². The number of aryl methyl sites for hydroxylation is 1. The van der Waals surface area contributed by atoms with Gasteiger partial charge in [0.05, 0.1) is 0 Å². The lowest BCUT2D eigenvalue weighted by molar-refractivity contribution is 0.590. The largest absolute Gasteiger partial charge is 0.399 e. The molecule has 0 aliphatic heterocycles. The zero-order valence-corrected chi connectivity index (χ0v) is 22.2. The number of nitrogens with two attached hydrogens (primary N) is 1. The standard InChI is InChI=1S/C33H42N2/c1-6-9-28(7-2)35-29-19-14-24(15-20-29)32-30(23-12-16-26(17-13-23)33(3,4)5)11-8-10-25-22-27(34)18-21-31(25)32/h12-22,28,35H,6-11,34H2,1-5H3. The Kier molecular flexibility index (Phi) is 7.69. The number of hydrogen-bond acceptors (Lipinski definition) is 2. The van der Waals surface area contributed by atoms with Crippen LogP contribution < -0.4 is 11.1 Å². The molecule has 0 radical (unpaired) electrons. The molecular formula is C33H42N2. The highest BCUT2D eigenvalue weighted by Gasteiger charge is 2.21. The molecule has 2 heteroatoms. The van der Waals surface area contributed by atoms with Crippen molar-refractivity contribution in [3.8, 4) is 0 Å². The summed E-state index contributed by atoms with van der Waals surface area (Å²) in [6.45, 7) is 11.3. The number of nitrogens with one attached hydrogen (secondary N) is 1. The van der Waals surface area contributed by atoms with Crippen molar-refractivity contribution in [2.45, 2.75) is 84.6 Å². The fraction of sp³-hybridized carbons (Fsp3) is 0.394. The van der Waals surface area contributed by atoms with Gasteiger partial charge in [0.2, 0.25) is 0 Å². The smallest absolute Gasteiger partial charge is 0.0342 e. The van der Waals surface area contributed by atoms with E-state index in [1.54, 1.807) is 0 Å². The molecule has 0 aromatic heterocycles. The highest BCUT2D eigenvalue weighted by Crippen LogP contribution is 2.41. The fourth-order valence-electron chi connectivity index (χ4n) is 5.29. The summed E-state index contributed by atoms with van der Waals surface area (Å²) in [7, 11) is 0. The van der Waals surface area contributed by atoms with E-state index < -0.39 is 0 Å². The number of fused-ring (bicyclic) bond motifs is 1. The van der Waals surface area contributed by atoms with Crippen LogP contribution in [0.1, 0.15) is 94.5 Å². The van der Waals surface area contributed by atoms with Crippen molar-refractivity contribution < 1.29 is 0 Å². The number of benzene rings is 3. The zero-order valence-electron chi connectivity index (χ0n) is 22.2. The predicted octanol–water partition coefficient (Wildman–Crippen LogP) is 8.85. The van der Waals surface area contributed by atoms with Crippen LogP contribution in [0, 0.1) is 0 Å². The third kappa shape index (κ3) is 5.81. The second-order valence-electron chi connectivity index (χ2n) is 11.1. The second kappa shape index (κ2) is 10.7. The fourth-order valence-corrected chi connectivity index (χ4v) is 5.29. The van der Waals surface area contributed by atoms with E-state index in [1.165, 1.54) is 57.5 Å². The molecule has 0 heterocycles. The minimum Gasteiger partial charge on any atom is -0.399 e. The van der Waals surface area contributed by atoms with Crippen molar-refractivity contribution in [3.63, 3.8) is 0 Å². The molecule has 1 aliphatic carbocycles. The zero-order chi connectivity index (χ0) is 25.0. The number of rotatable bonds is 7. The first-order chi connectivity index (χ1) is 16.8. The molecule has 184 valence electrons. The number of hydrogen-bond donors (Lipinski definition) is 2. The maximum absolute atomic E-state index is 6.20. The molecule has 1 aliphatic rings. The van der Waals surface area contributed by atoms with Gasteiger partial charge in [0.1, 0.15) is 0 Å². The molecule has 0 bridgehead atoms. The predicted molar refractivity (Wildman–Crippen MR) is 154 cm³/mol. The Bertz CT molecular complexity index is 1160. The van der Waals surface area contributed by atoms with E-state index >= 15 is 0 Å². The van der Waals surface area contributed by atoms with Crippen LogP contribution in [0.3, 0.4) is 0 Å². The number of anilines is 2. The summed E-state index contributed by atoms with van der Waals surface area (Å²) in [5.74, 6) is 0. The van der Waals surface area contributed by atoms with E-state index in [0.29, 0.717) is 6.04 Å². The molecular weight excluding hydrogens is 424 g/mol. The molecule has 1 unspecified atom stereocenters. The average Bonchev–Trinajstić information content (AvgIpc) is 3.03. The van der Waals surface area contributed by atoms with Gasteiger partial charge in [0.15, 0.2) is 0 Å². The monoisotopic (exact) mass is 466 g/mol. The second-order valence-corrected chi connectivity index (χ2v) is 11.1.